The van der Waals surface area contributed by atoms with E-state index in [9.17, 15) is 9.50 Å². The highest BCUT2D eigenvalue weighted by atomic mass is 19.1. The molecule has 0 saturated heterocycles. The standard InChI is InChI=1S/C17H20FNO/c1-11-3-5-13(6-4-11)15(10-19)17(20)14-7-8-16(18)12(2)9-14/h3-9,15,17,20H,10,19H2,1-2H3. The van der Waals surface area contributed by atoms with Crippen LogP contribution >= 0.6 is 0 Å². The van der Waals surface area contributed by atoms with Gasteiger partial charge < -0.3 is 10.8 Å². The van der Waals surface area contributed by atoms with Crippen molar-refractivity contribution >= 4 is 0 Å². The smallest absolute Gasteiger partial charge is 0.126 e. The highest BCUT2D eigenvalue weighted by Crippen LogP contribution is 2.31. The molecule has 0 aliphatic heterocycles. The Bertz CT molecular complexity index is 580. The van der Waals surface area contributed by atoms with Crippen molar-refractivity contribution in [2.45, 2.75) is 25.9 Å². The zero-order chi connectivity index (χ0) is 14.7. The summed E-state index contributed by atoms with van der Waals surface area (Å²) in [5.41, 5.74) is 9.19. The van der Waals surface area contributed by atoms with Crippen LogP contribution in [0.5, 0.6) is 0 Å². The normalized spacial score (nSPS) is 14.1. The quantitative estimate of drug-likeness (QED) is 0.898. The van der Waals surface area contributed by atoms with Crippen molar-refractivity contribution in [1.29, 1.82) is 0 Å². The van der Waals surface area contributed by atoms with Gasteiger partial charge in [-0.3, -0.25) is 0 Å². The maximum absolute atomic E-state index is 13.3. The molecule has 3 N–H and O–H groups in total. The van der Waals surface area contributed by atoms with Crippen LogP contribution in [-0.2, 0) is 0 Å². The summed E-state index contributed by atoms with van der Waals surface area (Å²) in [6.07, 6.45) is -0.734. The summed E-state index contributed by atoms with van der Waals surface area (Å²) in [7, 11) is 0. The van der Waals surface area contributed by atoms with Crippen LogP contribution in [0.2, 0.25) is 0 Å². The molecule has 2 rings (SSSR count). The summed E-state index contributed by atoms with van der Waals surface area (Å²) >= 11 is 0. The number of hydrogen-bond donors (Lipinski definition) is 2. The lowest BCUT2D eigenvalue weighted by Gasteiger charge is -2.23. The lowest BCUT2D eigenvalue weighted by atomic mass is 9.88. The molecule has 0 aromatic heterocycles. The molecule has 0 amide bonds. The minimum absolute atomic E-state index is 0.194. The summed E-state index contributed by atoms with van der Waals surface area (Å²) in [5, 5.41) is 10.5. The first-order chi connectivity index (χ1) is 9.52. The second-order valence-corrected chi connectivity index (χ2v) is 5.21. The van der Waals surface area contributed by atoms with Crippen molar-refractivity contribution in [2.24, 2.45) is 5.73 Å². The number of benzene rings is 2. The summed E-state index contributed by atoms with van der Waals surface area (Å²) in [6, 6.07) is 12.6. The van der Waals surface area contributed by atoms with Gasteiger partial charge in [-0.25, -0.2) is 4.39 Å². The van der Waals surface area contributed by atoms with E-state index in [2.05, 4.69) is 0 Å². The molecule has 0 saturated carbocycles. The van der Waals surface area contributed by atoms with Crippen LogP contribution in [-0.4, -0.2) is 11.7 Å². The average Bonchev–Trinajstić information content (AvgIpc) is 2.44. The molecule has 0 aliphatic carbocycles. The van der Waals surface area contributed by atoms with Gasteiger partial charge in [0.25, 0.3) is 0 Å². The number of rotatable bonds is 4. The van der Waals surface area contributed by atoms with Crippen LogP contribution in [0.3, 0.4) is 0 Å². The second-order valence-electron chi connectivity index (χ2n) is 5.21. The molecule has 106 valence electrons. The first-order valence-corrected chi connectivity index (χ1v) is 6.73. The summed E-state index contributed by atoms with van der Waals surface area (Å²) in [6.45, 7) is 4.04. The molecule has 2 aromatic carbocycles. The molecule has 0 aliphatic rings. The molecular weight excluding hydrogens is 253 g/mol. The van der Waals surface area contributed by atoms with E-state index in [4.69, 9.17) is 5.73 Å². The Kier molecular flexibility index (Phi) is 4.53. The highest BCUT2D eigenvalue weighted by Gasteiger charge is 2.21. The zero-order valence-electron chi connectivity index (χ0n) is 11.8. The Hall–Kier alpha value is -1.71. The molecular formula is C17H20FNO. The van der Waals surface area contributed by atoms with Gasteiger partial charge in [0.2, 0.25) is 0 Å². The molecule has 2 nitrogen and oxygen atoms in total. The largest absolute Gasteiger partial charge is 0.388 e. The van der Waals surface area contributed by atoms with E-state index in [0.717, 1.165) is 11.1 Å². The number of aliphatic hydroxyl groups is 1. The van der Waals surface area contributed by atoms with E-state index in [-0.39, 0.29) is 11.7 Å². The number of nitrogens with two attached hydrogens (primary N) is 1. The van der Waals surface area contributed by atoms with Crippen molar-refractivity contribution in [3.05, 3.63) is 70.5 Å². The molecule has 2 atom stereocenters. The Labute approximate surface area is 119 Å². The number of hydrogen-bond acceptors (Lipinski definition) is 2. The molecule has 2 aromatic rings. The molecule has 0 heterocycles. The van der Waals surface area contributed by atoms with Crippen LogP contribution in [0.4, 0.5) is 4.39 Å². The van der Waals surface area contributed by atoms with Gasteiger partial charge >= 0.3 is 0 Å². The van der Waals surface area contributed by atoms with Crippen LogP contribution in [0.1, 0.15) is 34.3 Å². The van der Waals surface area contributed by atoms with Crippen molar-refractivity contribution in [1.82, 2.24) is 0 Å². The van der Waals surface area contributed by atoms with Gasteiger partial charge in [0.05, 0.1) is 6.10 Å². The molecule has 3 heteroatoms. The van der Waals surface area contributed by atoms with E-state index in [0.29, 0.717) is 17.7 Å². The Morgan fingerprint density at radius 3 is 2.20 bits per heavy atom. The van der Waals surface area contributed by atoms with Crippen LogP contribution in [0.25, 0.3) is 0 Å². The van der Waals surface area contributed by atoms with Gasteiger partial charge in [0, 0.05) is 12.5 Å². The fourth-order valence-electron chi connectivity index (χ4n) is 2.35. The SMILES string of the molecule is Cc1ccc(C(CN)C(O)c2ccc(F)c(C)c2)cc1. The lowest BCUT2D eigenvalue weighted by Crippen LogP contribution is -2.20. The molecule has 0 spiro atoms. The first-order valence-electron chi connectivity index (χ1n) is 6.73. The van der Waals surface area contributed by atoms with Crippen molar-refractivity contribution in [3.63, 3.8) is 0 Å². The second kappa shape index (κ2) is 6.16. The predicted molar refractivity (Wildman–Crippen MR) is 79.1 cm³/mol. The number of aryl methyl sites for hydroxylation is 2. The van der Waals surface area contributed by atoms with Crippen molar-refractivity contribution in [2.75, 3.05) is 6.54 Å². The molecule has 20 heavy (non-hydrogen) atoms. The van der Waals surface area contributed by atoms with Gasteiger partial charge in [-0.15, -0.1) is 0 Å². The van der Waals surface area contributed by atoms with Crippen LogP contribution in [0.15, 0.2) is 42.5 Å². The van der Waals surface area contributed by atoms with E-state index < -0.39 is 6.10 Å². The maximum atomic E-state index is 13.3. The van der Waals surface area contributed by atoms with E-state index >= 15 is 0 Å². The lowest BCUT2D eigenvalue weighted by molar-refractivity contribution is 0.147. The number of halogens is 1. The minimum Gasteiger partial charge on any atom is -0.388 e. The summed E-state index contributed by atoms with van der Waals surface area (Å²) in [4.78, 5) is 0. The summed E-state index contributed by atoms with van der Waals surface area (Å²) < 4.78 is 13.3. The molecule has 2 unspecified atom stereocenters. The fourth-order valence-corrected chi connectivity index (χ4v) is 2.35. The third kappa shape index (κ3) is 3.06. The summed E-state index contributed by atoms with van der Waals surface area (Å²) in [5.74, 6) is -0.457. The van der Waals surface area contributed by atoms with Crippen LogP contribution in [0, 0.1) is 19.7 Å². The number of aliphatic hydroxyl groups excluding tert-OH is 1. The van der Waals surface area contributed by atoms with E-state index in [1.54, 1.807) is 19.1 Å². The Morgan fingerprint density at radius 2 is 1.65 bits per heavy atom. The van der Waals surface area contributed by atoms with Gasteiger partial charge in [-0.1, -0.05) is 42.0 Å². The predicted octanol–water partition coefficient (Wildman–Crippen LogP) is 3.22. The topological polar surface area (TPSA) is 46.2 Å². The highest BCUT2D eigenvalue weighted by molar-refractivity contribution is 5.31. The minimum atomic E-state index is -0.734. The Balaban J connectivity index is 2.30. The zero-order valence-corrected chi connectivity index (χ0v) is 11.8. The molecule has 0 bridgehead atoms. The van der Waals surface area contributed by atoms with Gasteiger partial charge in [0.1, 0.15) is 5.82 Å². The van der Waals surface area contributed by atoms with E-state index in [1.165, 1.54) is 6.07 Å². The van der Waals surface area contributed by atoms with Gasteiger partial charge in [0.15, 0.2) is 0 Å². The Morgan fingerprint density at radius 1 is 1.05 bits per heavy atom. The van der Waals surface area contributed by atoms with Gasteiger partial charge in [-0.05, 0) is 36.6 Å². The van der Waals surface area contributed by atoms with Crippen molar-refractivity contribution in [3.8, 4) is 0 Å². The fraction of sp³-hybridized carbons (Fsp3) is 0.294. The monoisotopic (exact) mass is 273 g/mol. The third-order valence-corrected chi connectivity index (χ3v) is 3.66. The molecule has 0 fully saturated rings. The van der Waals surface area contributed by atoms with E-state index in [1.807, 2.05) is 31.2 Å². The first kappa shape index (κ1) is 14.7. The van der Waals surface area contributed by atoms with Gasteiger partial charge in [-0.2, -0.15) is 0 Å². The third-order valence-electron chi connectivity index (χ3n) is 3.66. The molecule has 0 radical (unpaired) electrons. The van der Waals surface area contributed by atoms with Crippen LogP contribution < -0.4 is 5.73 Å². The maximum Gasteiger partial charge on any atom is 0.126 e. The van der Waals surface area contributed by atoms with Crippen molar-refractivity contribution < 1.29 is 9.50 Å². The average molecular weight is 273 g/mol.